The lowest BCUT2D eigenvalue weighted by atomic mass is 10.1. The molecule has 0 unspecified atom stereocenters. The molecule has 2 aliphatic heterocycles. The number of carbonyl (C=O) groups is 9. The van der Waals surface area contributed by atoms with Crippen molar-refractivity contribution in [1.29, 1.82) is 0 Å². The number of carboxylic acids is 1. The Morgan fingerprint density at radius 1 is 0.741 bits per heavy atom. The van der Waals surface area contributed by atoms with E-state index in [1.165, 1.54) is 34.5 Å². The molecule has 0 fully saturated rings. The summed E-state index contributed by atoms with van der Waals surface area (Å²) in [6.45, 7) is 11.3. The number of pyridine rings is 1. The maximum atomic E-state index is 14.5. The van der Waals surface area contributed by atoms with Crippen LogP contribution in [0.5, 0.6) is 0 Å². The van der Waals surface area contributed by atoms with E-state index in [-0.39, 0.29) is 102 Å². The average Bonchev–Trinajstić information content (AvgIpc) is 4.32. The van der Waals surface area contributed by atoms with Crippen molar-refractivity contribution in [3.8, 4) is 32.7 Å². The number of fused-ring (bicyclic) bond motifs is 13. The maximum absolute atomic E-state index is 14.5. The van der Waals surface area contributed by atoms with Gasteiger partial charge >= 0.3 is 11.9 Å². The minimum absolute atomic E-state index is 0.0189. The Morgan fingerprint density at radius 2 is 1.39 bits per heavy atom. The lowest BCUT2D eigenvalue weighted by Crippen LogP contribution is -2.52. The molecule has 4 atom stereocenters. The smallest absolute Gasteiger partial charge is 0.351 e. The zero-order valence-electron chi connectivity index (χ0n) is 44.5. The van der Waals surface area contributed by atoms with Crippen LogP contribution < -0.4 is 31.9 Å². The van der Waals surface area contributed by atoms with Crippen LogP contribution in [0, 0.1) is 6.92 Å². The first kappa shape index (κ1) is 59.2. The van der Waals surface area contributed by atoms with Gasteiger partial charge in [0.05, 0.1) is 41.0 Å². The first-order valence-corrected chi connectivity index (χ1v) is 30.7. The van der Waals surface area contributed by atoms with Crippen molar-refractivity contribution in [2.45, 2.75) is 64.4 Å². The SMILES string of the molecule is C=C(NC(=O)C(=C)NC(=O)c1csc(-c2ccc3c(n2)-c2csc(n2)[C@@H]2CSC(=O)c4[nH]c5cccc(c5c4C)COC(=O)CC[C@H](NC(=O)c4csc(n4)/C(=C/C)NC(=O)[C@H]([C@@H](C)O)NC(=O)c4csc-3n4)c3nc(cs3)C(=O)N2)n1)C(=O)O. The molecule has 2 aliphatic rings. The summed E-state index contributed by atoms with van der Waals surface area (Å²) in [6, 6.07) is 5.13. The number of aryl methyl sites for hydroxylation is 1. The number of cyclic esters (lactones) is 1. The van der Waals surface area contributed by atoms with Gasteiger partial charge in [-0.25, -0.2) is 34.7 Å². The highest BCUT2D eigenvalue weighted by Crippen LogP contribution is 2.38. The molecule has 7 aromatic heterocycles. The van der Waals surface area contributed by atoms with Gasteiger partial charge in [-0.3, -0.25) is 38.4 Å². The van der Waals surface area contributed by atoms with Gasteiger partial charge < -0.3 is 51.8 Å². The second kappa shape index (κ2) is 25.1. The molecule has 0 radical (unpaired) electrons. The maximum Gasteiger partial charge on any atom is 0.351 e. The summed E-state index contributed by atoms with van der Waals surface area (Å²) in [7, 11) is 0. The number of thiazole rings is 5. The number of aromatic nitrogens is 7. The topological polar surface area (TPSA) is 369 Å². The number of allylic oxidation sites excluding steroid dienone is 1. The van der Waals surface area contributed by atoms with Crippen molar-refractivity contribution in [3.05, 3.63) is 142 Å². The van der Waals surface area contributed by atoms with Gasteiger partial charge in [0.1, 0.15) is 77.5 Å². The number of aromatic amines is 1. The van der Waals surface area contributed by atoms with Gasteiger partial charge in [-0.2, -0.15) is 0 Å². The minimum atomic E-state index is -1.52. The Hall–Kier alpha value is -8.98. The molecule has 31 heteroatoms. The van der Waals surface area contributed by atoms with Crippen molar-refractivity contribution in [1.82, 2.24) is 66.8 Å². The van der Waals surface area contributed by atoms with Crippen LogP contribution in [-0.2, 0) is 30.5 Å². The Labute approximate surface area is 504 Å². The number of benzene rings is 1. The summed E-state index contributed by atoms with van der Waals surface area (Å²) >= 11 is 6.19. The highest BCUT2D eigenvalue weighted by molar-refractivity contribution is 8.14. The number of thioether (sulfide) groups is 1. The lowest BCUT2D eigenvalue weighted by molar-refractivity contribution is -0.145. The summed E-state index contributed by atoms with van der Waals surface area (Å²) in [5.74, 6) is -7.01. The lowest BCUT2D eigenvalue weighted by Gasteiger charge is -2.21. The summed E-state index contributed by atoms with van der Waals surface area (Å²) in [4.78, 5) is 153. The Kier molecular flexibility index (Phi) is 17.5. The van der Waals surface area contributed by atoms with Crippen molar-refractivity contribution >= 4 is 138 Å². The molecular weight excluding hydrogens is 1220 g/mol. The van der Waals surface area contributed by atoms with E-state index in [1.807, 2.05) is 5.32 Å². The van der Waals surface area contributed by atoms with E-state index < -0.39 is 83.0 Å². The number of nitrogens with zero attached hydrogens (tertiary/aromatic N) is 6. The number of carbonyl (C=O) groups excluding carboxylic acids is 8. The van der Waals surface area contributed by atoms with Crippen LogP contribution in [0.4, 0.5) is 0 Å². The van der Waals surface area contributed by atoms with Crippen LogP contribution in [0.3, 0.4) is 0 Å². The third kappa shape index (κ3) is 12.9. The molecule has 85 heavy (non-hydrogen) atoms. The van der Waals surface area contributed by atoms with Gasteiger partial charge in [0.15, 0.2) is 0 Å². The molecule has 434 valence electrons. The predicted octanol–water partition coefficient (Wildman–Crippen LogP) is 6.44. The zero-order valence-corrected chi connectivity index (χ0v) is 49.4. The van der Waals surface area contributed by atoms with Crippen LogP contribution in [0.15, 0.2) is 87.9 Å². The molecule has 0 spiro atoms. The number of hydrogen-bond acceptors (Lipinski definition) is 23. The molecule has 25 nitrogen and oxygen atoms in total. The number of H-pyrrole nitrogens is 1. The largest absolute Gasteiger partial charge is 0.477 e. The molecule has 0 saturated carbocycles. The Bertz CT molecular complexity index is 4130. The number of rotatable bonds is 7. The third-order valence-corrected chi connectivity index (χ3v) is 18.4. The van der Waals surface area contributed by atoms with Crippen LogP contribution >= 0.6 is 68.4 Å². The van der Waals surface area contributed by atoms with Crippen molar-refractivity contribution in [2.24, 2.45) is 0 Å². The Morgan fingerprint density at radius 3 is 2.12 bits per heavy atom. The van der Waals surface area contributed by atoms with Gasteiger partial charge in [-0.15, -0.1) is 56.7 Å². The number of carboxylic acid groups (broad SMARTS) is 1. The van der Waals surface area contributed by atoms with E-state index >= 15 is 0 Å². The molecule has 9 heterocycles. The van der Waals surface area contributed by atoms with E-state index in [0.717, 1.165) is 68.4 Å². The second-order valence-corrected chi connectivity index (χ2v) is 24.1. The molecule has 10 rings (SSSR count). The molecule has 8 aromatic rings. The number of ether oxygens (including phenoxy) is 1. The number of aliphatic carboxylic acids is 1. The van der Waals surface area contributed by atoms with Crippen LogP contribution in [0.1, 0.15) is 117 Å². The summed E-state index contributed by atoms with van der Waals surface area (Å²) in [6.07, 6.45) is -0.114. The van der Waals surface area contributed by atoms with E-state index in [1.54, 1.807) is 49.6 Å². The molecule has 0 saturated heterocycles. The standard InChI is InChI=1S/C54H45N13O12S6/c1-6-27-49-64-33(18-82-49)44(72)60-30-12-13-37(69)79-14-25-8-7-9-28-38(25)21(2)39(57-28)54(78)85-20-36(61-45(73)34-19-84-51(30)66-34)52-62-31(15-81-52)41-26(48-63-35(16-80-48)46(74)67-40(24(5)68)47(75)59-27)10-11-29(58-41)50-65-32(17-83-50)43(71)55-22(3)42(70)56-23(4)53(76)77/h6-11,15-19,24,30,36,40,57,68H,3-4,12-14,20H2,1-2,5H3,(H,55,71)(H,56,70)(H,59,75)(H,60,72)(H,61,73)(H,67,74)(H,76,77)/b27-6-/t24-,30+,36+,40+/m1/s1. The van der Waals surface area contributed by atoms with E-state index in [0.29, 0.717) is 32.6 Å². The Balaban J connectivity index is 1.07. The number of esters is 1. The van der Waals surface area contributed by atoms with Crippen LogP contribution in [0.25, 0.3) is 49.3 Å². The van der Waals surface area contributed by atoms with Gasteiger partial charge in [0.25, 0.3) is 29.5 Å². The van der Waals surface area contributed by atoms with Crippen molar-refractivity contribution < 1.29 is 58.1 Å². The number of aliphatic hydroxyl groups excluding tert-OH is 1. The van der Waals surface area contributed by atoms with Crippen LogP contribution in [-0.4, -0.2) is 115 Å². The van der Waals surface area contributed by atoms with Gasteiger partial charge in [0, 0.05) is 55.5 Å². The fraction of sp³-hybridized carbons (Fsp3) is 0.204. The molecule has 9 N–H and O–H groups in total. The minimum Gasteiger partial charge on any atom is -0.477 e. The number of amides is 6. The molecular formula is C54H45N13O12S6. The average molecular weight is 1260 g/mol. The molecule has 1 aromatic carbocycles. The number of hydrogen-bond donors (Lipinski definition) is 9. The normalized spacial score (nSPS) is 17.9. The van der Waals surface area contributed by atoms with Gasteiger partial charge in [-0.1, -0.05) is 43.1 Å². The summed E-state index contributed by atoms with van der Waals surface area (Å²) in [5.41, 5.74) is 1.79. The number of nitrogens with one attached hydrogen (secondary N) is 7. The zero-order chi connectivity index (χ0) is 60.4. The molecule has 12 bridgehead atoms. The van der Waals surface area contributed by atoms with E-state index in [9.17, 15) is 48.3 Å². The monoisotopic (exact) mass is 1260 g/mol. The van der Waals surface area contributed by atoms with Crippen LogP contribution in [0.2, 0.25) is 0 Å². The van der Waals surface area contributed by atoms with Crippen molar-refractivity contribution in [2.75, 3.05) is 5.75 Å². The second-order valence-electron chi connectivity index (χ2n) is 18.7. The third-order valence-electron chi connectivity index (χ3n) is 12.9. The van der Waals surface area contributed by atoms with E-state index in [4.69, 9.17) is 19.8 Å². The highest BCUT2D eigenvalue weighted by atomic mass is 32.2. The molecule has 0 aliphatic carbocycles. The quantitative estimate of drug-likeness (QED) is 0.0612. The summed E-state index contributed by atoms with van der Waals surface area (Å²) < 4.78 is 5.77. The first-order valence-electron chi connectivity index (χ1n) is 25.3. The first-order chi connectivity index (χ1) is 40.7. The summed E-state index contributed by atoms with van der Waals surface area (Å²) in [5, 5.41) is 44.5. The highest BCUT2D eigenvalue weighted by Gasteiger charge is 2.32. The van der Waals surface area contributed by atoms with Crippen molar-refractivity contribution in [3.63, 3.8) is 0 Å². The predicted molar refractivity (Wildman–Crippen MR) is 317 cm³/mol. The van der Waals surface area contributed by atoms with Gasteiger partial charge in [-0.05, 0) is 56.5 Å². The fourth-order valence-corrected chi connectivity index (χ4v) is 13.8. The van der Waals surface area contributed by atoms with E-state index in [2.05, 4.69) is 64.7 Å². The number of aliphatic hydroxyl groups is 1. The van der Waals surface area contributed by atoms with Gasteiger partial charge in [0.2, 0.25) is 11.0 Å². The fourth-order valence-electron chi connectivity index (χ4n) is 8.60. The molecule has 6 amide bonds.